The first-order chi connectivity index (χ1) is 8.84. The number of aryl methyl sites for hydroxylation is 1. The van der Waals surface area contributed by atoms with Gasteiger partial charge in [0.05, 0.1) is 0 Å². The average Bonchev–Trinajstić information content (AvgIpc) is 2.91. The van der Waals surface area contributed by atoms with Gasteiger partial charge in [0.25, 0.3) is 0 Å². The van der Waals surface area contributed by atoms with Crippen molar-refractivity contribution in [3.05, 3.63) is 52.5 Å². The van der Waals surface area contributed by atoms with Crippen molar-refractivity contribution >= 4 is 17.2 Å². The Hall–Kier alpha value is -1.68. The summed E-state index contributed by atoms with van der Waals surface area (Å²) in [7, 11) is 0. The van der Waals surface area contributed by atoms with Gasteiger partial charge in [-0.15, -0.1) is 11.3 Å². The first kappa shape index (κ1) is 12.8. The van der Waals surface area contributed by atoms with Gasteiger partial charge in [-0.05, 0) is 35.9 Å². The molecule has 0 saturated heterocycles. The molecule has 0 unspecified atom stereocenters. The lowest BCUT2D eigenvalue weighted by Crippen LogP contribution is -2.22. The number of pyridine rings is 1. The number of amides is 1. The number of thiophene rings is 1. The van der Waals surface area contributed by atoms with E-state index in [9.17, 15) is 4.79 Å². The largest absolute Gasteiger partial charge is 0.352 e. The lowest BCUT2D eigenvalue weighted by Gasteiger charge is -2.04. The zero-order valence-corrected chi connectivity index (χ0v) is 11.0. The van der Waals surface area contributed by atoms with Crippen LogP contribution in [0.1, 0.15) is 23.3 Å². The summed E-state index contributed by atoms with van der Waals surface area (Å²) in [6.07, 6.45) is 5.97. The van der Waals surface area contributed by atoms with Crippen molar-refractivity contribution in [3.8, 4) is 0 Å². The minimum Gasteiger partial charge on any atom is -0.352 e. The summed E-state index contributed by atoms with van der Waals surface area (Å²) in [5.41, 5.74) is 1.03. The third-order valence-corrected chi connectivity index (χ3v) is 3.56. The molecule has 4 heteroatoms. The van der Waals surface area contributed by atoms with Crippen molar-refractivity contribution in [2.75, 3.05) is 0 Å². The fourth-order valence-corrected chi connectivity index (χ4v) is 2.42. The van der Waals surface area contributed by atoms with E-state index >= 15 is 0 Å². The number of hydrogen-bond donors (Lipinski definition) is 1. The minimum atomic E-state index is 0.107. The molecule has 0 bridgehead atoms. The second-order valence-corrected chi connectivity index (χ2v) is 5.10. The Morgan fingerprint density at radius 2 is 2.28 bits per heavy atom. The Bertz CT molecular complexity index is 468. The summed E-state index contributed by atoms with van der Waals surface area (Å²) < 4.78 is 0. The Kier molecular flexibility index (Phi) is 4.90. The van der Waals surface area contributed by atoms with Gasteiger partial charge in [0.15, 0.2) is 0 Å². The van der Waals surface area contributed by atoms with Gasteiger partial charge in [-0.1, -0.05) is 12.1 Å². The second kappa shape index (κ2) is 6.91. The van der Waals surface area contributed by atoms with Gasteiger partial charge in [0.1, 0.15) is 0 Å². The molecule has 0 aliphatic rings. The van der Waals surface area contributed by atoms with Gasteiger partial charge in [-0.2, -0.15) is 0 Å². The van der Waals surface area contributed by atoms with E-state index < -0.39 is 0 Å². The zero-order valence-electron chi connectivity index (χ0n) is 10.1. The Morgan fingerprint density at radius 1 is 1.33 bits per heavy atom. The summed E-state index contributed by atoms with van der Waals surface area (Å²) in [4.78, 5) is 17.0. The van der Waals surface area contributed by atoms with E-state index in [0.29, 0.717) is 13.0 Å². The molecule has 0 atom stereocenters. The fraction of sp³-hybridized carbons (Fsp3) is 0.286. The molecular formula is C14H16N2OS. The zero-order chi connectivity index (χ0) is 12.6. The third-order valence-electron chi connectivity index (χ3n) is 2.62. The van der Waals surface area contributed by atoms with Gasteiger partial charge in [0, 0.05) is 30.2 Å². The Balaban J connectivity index is 1.63. The molecule has 0 fully saturated rings. The van der Waals surface area contributed by atoms with Gasteiger partial charge in [0.2, 0.25) is 5.91 Å². The van der Waals surface area contributed by atoms with E-state index in [1.807, 2.05) is 18.2 Å². The lowest BCUT2D eigenvalue weighted by molar-refractivity contribution is -0.121. The fourth-order valence-electron chi connectivity index (χ4n) is 1.67. The van der Waals surface area contributed by atoms with Crippen LogP contribution in [-0.4, -0.2) is 10.9 Å². The Morgan fingerprint density at radius 3 is 3.00 bits per heavy atom. The van der Waals surface area contributed by atoms with E-state index in [1.165, 1.54) is 4.88 Å². The maximum absolute atomic E-state index is 11.6. The highest BCUT2D eigenvalue weighted by Crippen LogP contribution is 2.11. The third kappa shape index (κ3) is 4.30. The van der Waals surface area contributed by atoms with Crippen molar-refractivity contribution in [2.45, 2.75) is 25.8 Å². The van der Waals surface area contributed by atoms with E-state index in [1.54, 1.807) is 23.7 Å². The first-order valence-corrected chi connectivity index (χ1v) is 6.90. The van der Waals surface area contributed by atoms with E-state index in [-0.39, 0.29) is 5.91 Å². The van der Waals surface area contributed by atoms with Gasteiger partial charge >= 0.3 is 0 Å². The average molecular weight is 260 g/mol. The van der Waals surface area contributed by atoms with Crippen LogP contribution in [-0.2, 0) is 17.8 Å². The maximum atomic E-state index is 11.6. The van der Waals surface area contributed by atoms with Crippen molar-refractivity contribution in [2.24, 2.45) is 0 Å². The molecule has 2 heterocycles. The topological polar surface area (TPSA) is 42.0 Å². The summed E-state index contributed by atoms with van der Waals surface area (Å²) in [6, 6.07) is 7.98. The molecule has 2 aromatic rings. The predicted molar refractivity (Wildman–Crippen MR) is 73.3 cm³/mol. The van der Waals surface area contributed by atoms with Crippen molar-refractivity contribution in [1.29, 1.82) is 0 Å². The SMILES string of the molecule is O=C(CCCc1cccs1)NCc1cccnc1. The molecule has 0 spiro atoms. The molecule has 0 aliphatic heterocycles. The van der Waals surface area contributed by atoms with E-state index in [2.05, 4.69) is 21.7 Å². The summed E-state index contributed by atoms with van der Waals surface area (Å²) in [6.45, 7) is 0.561. The standard InChI is InChI=1S/C14H16N2OS/c17-14(7-1-5-13-6-3-9-18-13)16-11-12-4-2-8-15-10-12/h2-4,6,8-10H,1,5,7,11H2,(H,16,17). The minimum absolute atomic E-state index is 0.107. The van der Waals surface area contributed by atoms with Crippen molar-refractivity contribution in [3.63, 3.8) is 0 Å². The summed E-state index contributed by atoms with van der Waals surface area (Å²) >= 11 is 1.74. The van der Waals surface area contributed by atoms with Gasteiger partial charge in [-0.25, -0.2) is 0 Å². The number of carbonyl (C=O) groups excluding carboxylic acids is 1. The van der Waals surface area contributed by atoms with Crippen molar-refractivity contribution < 1.29 is 4.79 Å². The van der Waals surface area contributed by atoms with Crippen LogP contribution in [0.15, 0.2) is 42.0 Å². The Labute approximate surface area is 111 Å². The quantitative estimate of drug-likeness (QED) is 0.867. The number of nitrogens with one attached hydrogen (secondary N) is 1. The molecule has 3 nitrogen and oxygen atoms in total. The second-order valence-electron chi connectivity index (χ2n) is 4.07. The van der Waals surface area contributed by atoms with E-state index in [0.717, 1.165) is 18.4 Å². The molecule has 18 heavy (non-hydrogen) atoms. The normalized spacial score (nSPS) is 10.2. The molecular weight excluding hydrogens is 244 g/mol. The predicted octanol–water partition coefficient (Wildman–Crippen LogP) is 2.78. The number of rotatable bonds is 6. The number of nitrogens with zero attached hydrogens (tertiary/aromatic N) is 1. The molecule has 2 rings (SSSR count). The molecule has 2 aromatic heterocycles. The lowest BCUT2D eigenvalue weighted by atomic mass is 10.2. The number of carbonyl (C=O) groups is 1. The van der Waals surface area contributed by atoms with Crippen molar-refractivity contribution in [1.82, 2.24) is 10.3 Å². The van der Waals surface area contributed by atoms with Crippen LogP contribution in [0.4, 0.5) is 0 Å². The molecule has 1 amide bonds. The van der Waals surface area contributed by atoms with Crippen LogP contribution in [0.3, 0.4) is 0 Å². The van der Waals surface area contributed by atoms with Crippen LogP contribution in [0.25, 0.3) is 0 Å². The summed E-state index contributed by atoms with van der Waals surface area (Å²) in [5.74, 6) is 0.107. The van der Waals surface area contributed by atoms with Gasteiger partial charge < -0.3 is 5.32 Å². The number of hydrogen-bond acceptors (Lipinski definition) is 3. The van der Waals surface area contributed by atoms with Gasteiger partial charge in [-0.3, -0.25) is 9.78 Å². The molecule has 0 saturated carbocycles. The highest BCUT2D eigenvalue weighted by atomic mass is 32.1. The highest BCUT2D eigenvalue weighted by Gasteiger charge is 2.02. The maximum Gasteiger partial charge on any atom is 0.220 e. The molecule has 0 aliphatic carbocycles. The molecule has 0 aromatic carbocycles. The molecule has 0 radical (unpaired) electrons. The molecule has 94 valence electrons. The van der Waals surface area contributed by atoms with Crippen LogP contribution in [0.5, 0.6) is 0 Å². The van der Waals surface area contributed by atoms with Crippen LogP contribution < -0.4 is 5.32 Å². The highest BCUT2D eigenvalue weighted by molar-refractivity contribution is 7.09. The summed E-state index contributed by atoms with van der Waals surface area (Å²) in [5, 5.41) is 4.97. The van der Waals surface area contributed by atoms with Crippen LogP contribution in [0.2, 0.25) is 0 Å². The van der Waals surface area contributed by atoms with Crippen LogP contribution in [0, 0.1) is 0 Å². The molecule has 1 N–H and O–H groups in total. The first-order valence-electron chi connectivity index (χ1n) is 6.02. The smallest absolute Gasteiger partial charge is 0.220 e. The monoisotopic (exact) mass is 260 g/mol. The van der Waals surface area contributed by atoms with Crippen LogP contribution >= 0.6 is 11.3 Å². The number of aromatic nitrogens is 1. The van der Waals surface area contributed by atoms with E-state index in [4.69, 9.17) is 0 Å².